The molecule has 1 atom stereocenters. The molecule has 0 amide bonds. The fraction of sp³-hybridized carbons (Fsp3) is 0.625. The molecule has 0 radical (unpaired) electrons. The SMILES string of the molecule is Fc1ccc(OCCCCN2CCC(N3CS3)CC2)cc1. The van der Waals surface area contributed by atoms with Gasteiger partial charge in [0, 0.05) is 6.04 Å². The molecule has 0 N–H and O–H groups in total. The Bertz CT molecular complexity index is 430. The van der Waals surface area contributed by atoms with Crippen molar-refractivity contribution in [1.82, 2.24) is 9.21 Å². The molecule has 3 nitrogen and oxygen atoms in total. The Labute approximate surface area is 130 Å². The van der Waals surface area contributed by atoms with E-state index in [1.807, 2.05) is 11.9 Å². The quantitative estimate of drug-likeness (QED) is 0.436. The Morgan fingerprint density at radius 3 is 2.52 bits per heavy atom. The molecular formula is C16H23FN2OS. The molecule has 5 heteroatoms. The van der Waals surface area contributed by atoms with Crippen molar-refractivity contribution < 1.29 is 9.13 Å². The largest absolute Gasteiger partial charge is 0.494 e. The van der Waals surface area contributed by atoms with Gasteiger partial charge in [-0.3, -0.25) is 0 Å². The van der Waals surface area contributed by atoms with E-state index in [4.69, 9.17) is 4.74 Å². The van der Waals surface area contributed by atoms with Crippen molar-refractivity contribution in [3.8, 4) is 5.75 Å². The van der Waals surface area contributed by atoms with Crippen LogP contribution in [0.4, 0.5) is 4.39 Å². The van der Waals surface area contributed by atoms with E-state index in [0.29, 0.717) is 6.61 Å². The van der Waals surface area contributed by atoms with Crippen LogP contribution in [0.15, 0.2) is 24.3 Å². The molecule has 3 rings (SSSR count). The number of ether oxygens (including phenoxy) is 1. The summed E-state index contributed by atoms with van der Waals surface area (Å²) in [6.07, 6.45) is 4.86. The number of nitrogens with zero attached hydrogens (tertiary/aromatic N) is 2. The lowest BCUT2D eigenvalue weighted by Gasteiger charge is -2.31. The zero-order chi connectivity index (χ0) is 14.5. The first kappa shape index (κ1) is 15.1. The lowest BCUT2D eigenvalue weighted by molar-refractivity contribution is 0.176. The Morgan fingerprint density at radius 1 is 1.14 bits per heavy atom. The topological polar surface area (TPSA) is 15.5 Å². The molecule has 2 saturated heterocycles. The standard InChI is InChI=1S/C16H23FN2OS/c17-14-3-5-16(6-4-14)20-12-2-1-9-18-10-7-15(8-11-18)19-13-21-19/h3-6,15H,1-2,7-13H2. The van der Waals surface area contributed by atoms with Gasteiger partial charge < -0.3 is 9.64 Å². The average molecular weight is 310 g/mol. The second-order valence-corrected chi connectivity index (χ2v) is 6.74. The number of unbranched alkanes of at least 4 members (excludes halogenated alkanes) is 1. The van der Waals surface area contributed by atoms with Gasteiger partial charge in [-0.15, -0.1) is 0 Å². The number of halogens is 1. The van der Waals surface area contributed by atoms with E-state index in [1.165, 1.54) is 56.9 Å². The van der Waals surface area contributed by atoms with Gasteiger partial charge >= 0.3 is 0 Å². The summed E-state index contributed by atoms with van der Waals surface area (Å²) in [4.78, 5) is 2.57. The fourth-order valence-corrected chi connectivity index (χ4v) is 3.53. The number of likely N-dealkylation sites (tertiary alicyclic amines) is 1. The lowest BCUT2D eigenvalue weighted by atomic mass is 10.1. The number of piperidine rings is 1. The molecule has 1 aromatic carbocycles. The lowest BCUT2D eigenvalue weighted by Crippen LogP contribution is -2.39. The third-order valence-electron chi connectivity index (χ3n) is 4.19. The van der Waals surface area contributed by atoms with Crippen LogP contribution in [0.25, 0.3) is 0 Å². The van der Waals surface area contributed by atoms with Crippen LogP contribution in [0.1, 0.15) is 25.7 Å². The smallest absolute Gasteiger partial charge is 0.123 e. The van der Waals surface area contributed by atoms with Gasteiger partial charge in [0.25, 0.3) is 0 Å². The summed E-state index contributed by atoms with van der Waals surface area (Å²) in [5.41, 5.74) is 0. The second kappa shape index (κ2) is 7.47. The molecule has 1 unspecified atom stereocenters. The molecule has 2 heterocycles. The highest BCUT2D eigenvalue weighted by Gasteiger charge is 2.31. The first-order valence-electron chi connectivity index (χ1n) is 7.81. The van der Waals surface area contributed by atoms with E-state index in [2.05, 4.69) is 9.21 Å². The van der Waals surface area contributed by atoms with Crippen molar-refractivity contribution in [2.45, 2.75) is 31.7 Å². The molecule has 0 spiro atoms. The minimum absolute atomic E-state index is 0.216. The van der Waals surface area contributed by atoms with Gasteiger partial charge in [0.2, 0.25) is 0 Å². The van der Waals surface area contributed by atoms with Crippen molar-refractivity contribution >= 4 is 11.9 Å². The first-order valence-corrected chi connectivity index (χ1v) is 8.76. The molecule has 2 aliphatic heterocycles. The first-order chi connectivity index (χ1) is 10.3. The highest BCUT2D eigenvalue weighted by molar-refractivity contribution is 8.03. The molecule has 1 aromatic rings. The van der Waals surface area contributed by atoms with E-state index < -0.39 is 0 Å². The summed E-state index contributed by atoms with van der Waals surface area (Å²) < 4.78 is 20.9. The van der Waals surface area contributed by atoms with Crippen LogP contribution in [0.5, 0.6) is 5.75 Å². The van der Waals surface area contributed by atoms with Crippen LogP contribution in [0.3, 0.4) is 0 Å². The predicted molar refractivity (Wildman–Crippen MR) is 84.9 cm³/mol. The van der Waals surface area contributed by atoms with Gasteiger partial charge in [0.05, 0.1) is 12.5 Å². The summed E-state index contributed by atoms with van der Waals surface area (Å²) in [6, 6.07) is 7.07. The fourth-order valence-electron chi connectivity index (χ4n) is 2.83. The van der Waals surface area contributed by atoms with Crippen LogP contribution >= 0.6 is 11.9 Å². The molecule has 0 aliphatic carbocycles. The highest BCUT2D eigenvalue weighted by Crippen LogP contribution is 2.35. The maximum atomic E-state index is 12.8. The van der Waals surface area contributed by atoms with Crippen LogP contribution in [-0.4, -0.2) is 47.4 Å². The average Bonchev–Trinajstić information content (AvgIpc) is 3.34. The van der Waals surface area contributed by atoms with Gasteiger partial charge in [0.15, 0.2) is 0 Å². The Morgan fingerprint density at radius 2 is 1.86 bits per heavy atom. The van der Waals surface area contributed by atoms with E-state index in [9.17, 15) is 4.39 Å². The van der Waals surface area contributed by atoms with Crippen LogP contribution < -0.4 is 4.74 Å². The third-order valence-corrected chi connectivity index (χ3v) is 5.05. The maximum Gasteiger partial charge on any atom is 0.123 e. The molecule has 2 fully saturated rings. The summed E-state index contributed by atoms with van der Waals surface area (Å²) in [5, 5.41) is 0. The highest BCUT2D eigenvalue weighted by atomic mass is 32.2. The molecule has 0 bridgehead atoms. The van der Waals surface area contributed by atoms with Gasteiger partial charge in [0.1, 0.15) is 11.6 Å². The zero-order valence-corrected chi connectivity index (χ0v) is 13.2. The van der Waals surface area contributed by atoms with Crippen molar-refractivity contribution in [2.24, 2.45) is 0 Å². The van der Waals surface area contributed by atoms with Gasteiger partial charge in [-0.1, -0.05) is 11.9 Å². The van der Waals surface area contributed by atoms with Gasteiger partial charge in [-0.2, -0.15) is 0 Å². The Hall–Kier alpha value is -0.780. The van der Waals surface area contributed by atoms with E-state index >= 15 is 0 Å². The molecular weight excluding hydrogens is 287 g/mol. The van der Waals surface area contributed by atoms with Crippen LogP contribution in [0.2, 0.25) is 0 Å². The van der Waals surface area contributed by atoms with Crippen molar-refractivity contribution in [2.75, 3.05) is 32.1 Å². The Balaban J connectivity index is 1.24. The summed E-state index contributed by atoms with van der Waals surface area (Å²) in [6.45, 7) is 4.36. The molecule has 116 valence electrons. The van der Waals surface area contributed by atoms with Crippen molar-refractivity contribution in [3.05, 3.63) is 30.1 Å². The second-order valence-electron chi connectivity index (χ2n) is 5.76. The number of benzene rings is 1. The minimum atomic E-state index is -0.216. The van der Waals surface area contributed by atoms with Crippen molar-refractivity contribution in [3.63, 3.8) is 0 Å². The van der Waals surface area contributed by atoms with Crippen molar-refractivity contribution in [1.29, 1.82) is 0 Å². The maximum absolute atomic E-state index is 12.8. The van der Waals surface area contributed by atoms with E-state index in [0.717, 1.165) is 18.2 Å². The predicted octanol–water partition coefficient (Wildman–Crippen LogP) is 3.37. The van der Waals surface area contributed by atoms with Crippen LogP contribution in [-0.2, 0) is 0 Å². The molecule has 2 aliphatic rings. The molecule has 0 saturated carbocycles. The molecule has 0 aromatic heterocycles. The molecule has 21 heavy (non-hydrogen) atoms. The van der Waals surface area contributed by atoms with Crippen LogP contribution in [0, 0.1) is 5.82 Å². The minimum Gasteiger partial charge on any atom is -0.494 e. The Kier molecular flexibility index (Phi) is 5.38. The third kappa shape index (κ3) is 4.87. The summed E-state index contributed by atoms with van der Waals surface area (Å²) >= 11 is 1.97. The van der Waals surface area contributed by atoms with E-state index in [-0.39, 0.29) is 5.82 Å². The number of rotatable bonds is 7. The van der Waals surface area contributed by atoms with Gasteiger partial charge in [-0.05, 0) is 69.6 Å². The monoisotopic (exact) mass is 310 g/mol. The zero-order valence-electron chi connectivity index (χ0n) is 12.3. The van der Waals surface area contributed by atoms with E-state index in [1.54, 1.807) is 12.1 Å². The number of hydrogen-bond donors (Lipinski definition) is 0. The normalized spacial score (nSPS) is 23.2. The summed E-state index contributed by atoms with van der Waals surface area (Å²) in [7, 11) is 0. The number of hydrogen-bond acceptors (Lipinski definition) is 4. The van der Waals surface area contributed by atoms with Gasteiger partial charge in [-0.25, -0.2) is 8.70 Å². The summed E-state index contributed by atoms with van der Waals surface area (Å²) in [5.74, 6) is 1.78.